The van der Waals surface area contributed by atoms with E-state index in [9.17, 15) is 13.2 Å². The van der Waals surface area contributed by atoms with Crippen LogP contribution in [0.1, 0.15) is 57.4 Å². The summed E-state index contributed by atoms with van der Waals surface area (Å²) in [5.74, 6) is -0.00605. The summed E-state index contributed by atoms with van der Waals surface area (Å²) >= 11 is 0. The first-order valence-corrected chi connectivity index (χ1v) is 11.8. The number of nitrogens with one attached hydrogen (secondary N) is 1. The van der Waals surface area contributed by atoms with Crippen molar-refractivity contribution in [1.82, 2.24) is 9.62 Å². The number of amides is 1. The fourth-order valence-corrected chi connectivity index (χ4v) is 4.62. The number of nitrogens with zero attached hydrogens (tertiary/aromatic N) is 1. The number of hydrogen-bond acceptors (Lipinski definition) is 4. The van der Waals surface area contributed by atoms with Crippen LogP contribution in [0.2, 0.25) is 0 Å². The number of unbranched alkanes of at least 4 members (excludes halogenated alkanes) is 4. The molecule has 158 valence electrons. The second-order valence-corrected chi connectivity index (χ2v) is 9.25. The van der Waals surface area contributed by atoms with Crippen LogP contribution >= 0.6 is 0 Å². The Labute approximate surface area is 169 Å². The molecule has 1 saturated heterocycles. The molecule has 1 amide bonds. The van der Waals surface area contributed by atoms with Crippen molar-refractivity contribution in [2.24, 2.45) is 0 Å². The number of carbonyl (C=O) groups excluding carboxylic acids is 1. The minimum absolute atomic E-state index is 0.00605. The zero-order valence-electron chi connectivity index (χ0n) is 17.2. The van der Waals surface area contributed by atoms with E-state index in [1.54, 1.807) is 29.2 Å². The van der Waals surface area contributed by atoms with Gasteiger partial charge in [-0.25, -0.2) is 13.1 Å². The lowest BCUT2D eigenvalue weighted by atomic mass is 10.0. The van der Waals surface area contributed by atoms with Gasteiger partial charge in [-0.3, -0.25) is 4.79 Å². The summed E-state index contributed by atoms with van der Waals surface area (Å²) in [6.45, 7) is 6.33. The number of ether oxygens (including phenoxy) is 1. The van der Waals surface area contributed by atoms with Crippen molar-refractivity contribution in [3.63, 3.8) is 0 Å². The number of benzene rings is 1. The third-order valence-corrected chi connectivity index (χ3v) is 6.63. The molecule has 7 heteroatoms. The molecule has 1 N–H and O–H groups in total. The molecule has 1 fully saturated rings. The molecular weight excluding hydrogens is 376 g/mol. The molecule has 0 aliphatic carbocycles. The first-order valence-electron chi connectivity index (χ1n) is 10.4. The molecule has 1 aliphatic rings. The van der Waals surface area contributed by atoms with Crippen molar-refractivity contribution in [2.45, 2.75) is 69.7 Å². The Morgan fingerprint density at radius 1 is 1.11 bits per heavy atom. The Morgan fingerprint density at radius 2 is 1.75 bits per heavy atom. The van der Waals surface area contributed by atoms with E-state index in [2.05, 4.69) is 11.6 Å². The molecule has 1 atom stereocenters. The van der Waals surface area contributed by atoms with Crippen LogP contribution in [0.5, 0.6) is 0 Å². The summed E-state index contributed by atoms with van der Waals surface area (Å²) < 4.78 is 33.7. The summed E-state index contributed by atoms with van der Waals surface area (Å²) in [5, 5.41) is 0. The molecule has 0 aromatic heterocycles. The van der Waals surface area contributed by atoms with Crippen LogP contribution in [0.4, 0.5) is 0 Å². The van der Waals surface area contributed by atoms with E-state index in [1.165, 1.54) is 12.8 Å². The fourth-order valence-electron chi connectivity index (χ4n) is 3.35. The highest BCUT2D eigenvalue weighted by Gasteiger charge is 2.25. The Bertz CT molecular complexity index is 698. The smallest absolute Gasteiger partial charge is 0.240 e. The van der Waals surface area contributed by atoms with Gasteiger partial charge in [0, 0.05) is 25.6 Å². The Morgan fingerprint density at radius 3 is 2.39 bits per heavy atom. The number of sulfonamides is 1. The van der Waals surface area contributed by atoms with E-state index in [0.717, 1.165) is 24.8 Å². The molecule has 1 heterocycles. The lowest BCUT2D eigenvalue weighted by molar-refractivity contribution is -0.135. The fraction of sp³-hybridized carbons (Fsp3) is 0.667. The molecule has 2 rings (SSSR count). The van der Waals surface area contributed by atoms with Crippen LogP contribution in [0, 0.1) is 6.92 Å². The first-order chi connectivity index (χ1) is 13.4. The molecule has 1 aromatic rings. The molecule has 0 radical (unpaired) electrons. The third kappa shape index (κ3) is 7.53. The molecule has 6 nitrogen and oxygen atoms in total. The third-order valence-electron chi connectivity index (χ3n) is 5.09. The largest absolute Gasteiger partial charge is 0.378 e. The average Bonchev–Trinajstić information content (AvgIpc) is 2.68. The van der Waals surface area contributed by atoms with Gasteiger partial charge in [-0.05, 0) is 25.5 Å². The second kappa shape index (κ2) is 11.5. The highest BCUT2D eigenvalue weighted by molar-refractivity contribution is 7.89. The normalized spacial score (nSPS) is 16.1. The predicted octanol–water partition coefficient (Wildman–Crippen LogP) is 3.25. The first kappa shape index (κ1) is 22.8. The van der Waals surface area contributed by atoms with Gasteiger partial charge in [0.05, 0.1) is 18.1 Å². The topological polar surface area (TPSA) is 75.7 Å². The lowest BCUT2D eigenvalue weighted by Crippen LogP contribution is -2.44. The van der Waals surface area contributed by atoms with E-state index >= 15 is 0 Å². The standard InChI is InChI=1S/C21H34N2O4S/c1-3-4-5-6-7-8-19(17-21(24)23-13-15-27-16-14-23)22-28(25,26)20-11-9-18(2)10-12-20/h9-12,19,22H,3-8,13-17H2,1-2H3. The van der Waals surface area contributed by atoms with Crippen LogP contribution < -0.4 is 4.72 Å². The molecule has 1 aliphatic heterocycles. The summed E-state index contributed by atoms with van der Waals surface area (Å²) in [6, 6.07) is 6.41. The van der Waals surface area contributed by atoms with Crippen LogP contribution in [-0.2, 0) is 19.6 Å². The van der Waals surface area contributed by atoms with Crippen LogP contribution in [0.25, 0.3) is 0 Å². The summed E-state index contributed by atoms with van der Waals surface area (Å²) in [6.07, 6.45) is 6.33. The van der Waals surface area contributed by atoms with E-state index < -0.39 is 10.0 Å². The zero-order chi connectivity index (χ0) is 20.4. The van der Waals surface area contributed by atoms with Crippen molar-refractivity contribution in [1.29, 1.82) is 0 Å². The highest BCUT2D eigenvalue weighted by atomic mass is 32.2. The monoisotopic (exact) mass is 410 g/mol. The number of aryl methyl sites for hydroxylation is 1. The SMILES string of the molecule is CCCCCCCC(CC(=O)N1CCOCC1)NS(=O)(=O)c1ccc(C)cc1. The van der Waals surface area contributed by atoms with Gasteiger partial charge in [0.2, 0.25) is 15.9 Å². The van der Waals surface area contributed by atoms with E-state index in [1.807, 2.05) is 6.92 Å². The predicted molar refractivity (Wildman–Crippen MR) is 111 cm³/mol. The zero-order valence-corrected chi connectivity index (χ0v) is 18.0. The lowest BCUT2D eigenvalue weighted by Gasteiger charge is -2.28. The van der Waals surface area contributed by atoms with Gasteiger partial charge in [-0.2, -0.15) is 0 Å². The van der Waals surface area contributed by atoms with Gasteiger partial charge in [-0.1, -0.05) is 56.7 Å². The summed E-state index contributed by atoms with van der Waals surface area (Å²) in [7, 11) is -3.65. The molecule has 0 bridgehead atoms. The van der Waals surface area contributed by atoms with Crippen LogP contribution in [-0.4, -0.2) is 51.6 Å². The van der Waals surface area contributed by atoms with Gasteiger partial charge in [0.25, 0.3) is 0 Å². The summed E-state index contributed by atoms with van der Waals surface area (Å²) in [4.78, 5) is 14.7. The molecule has 0 spiro atoms. The van der Waals surface area contributed by atoms with E-state index in [4.69, 9.17) is 4.74 Å². The highest BCUT2D eigenvalue weighted by Crippen LogP contribution is 2.16. The van der Waals surface area contributed by atoms with Crippen LogP contribution in [0.15, 0.2) is 29.2 Å². The molecule has 0 saturated carbocycles. The maximum atomic E-state index is 12.8. The van der Waals surface area contributed by atoms with Gasteiger partial charge in [-0.15, -0.1) is 0 Å². The van der Waals surface area contributed by atoms with Gasteiger partial charge in [0.15, 0.2) is 0 Å². The summed E-state index contributed by atoms with van der Waals surface area (Å²) in [5.41, 5.74) is 1.01. The molecular formula is C21H34N2O4S. The molecule has 1 aromatic carbocycles. The Kier molecular flexibility index (Phi) is 9.41. The number of carbonyl (C=O) groups is 1. The number of morpholine rings is 1. The van der Waals surface area contributed by atoms with Crippen molar-refractivity contribution < 1.29 is 17.9 Å². The number of rotatable bonds is 11. The van der Waals surface area contributed by atoms with Crippen molar-refractivity contribution >= 4 is 15.9 Å². The van der Waals surface area contributed by atoms with Crippen molar-refractivity contribution in [3.05, 3.63) is 29.8 Å². The molecule has 1 unspecified atom stereocenters. The average molecular weight is 411 g/mol. The quantitative estimate of drug-likeness (QED) is 0.568. The maximum absolute atomic E-state index is 12.8. The van der Waals surface area contributed by atoms with Gasteiger partial charge in [0.1, 0.15) is 0 Å². The van der Waals surface area contributed by atoms with Gasteiger partial charge >= 0.3 is 0 Å². The Balaban J connectivity index is 2.01. The van der Waals surface area contributed by atoms with E-state index in [-0.39, 0.29) is 23.3 Å². The molecule has 28 heavy (non-hydrogen) atoms. The second-order valence-electron chi connectivity index (χ2n) is 7.53. The van der Waals surface area contributed by atoms with Gasteiger partial charge < -0.3 is 9.64 Å². The minimum Gasteiger partial charge on any atom is -0.378 e. The maximum Gasteiger partial charge on any atom is 0.240 e. The van der Waals surface area contributed by atoms with Crippen LogP contribution in [0.3, 0.4) is 0 Å². The minimum atomic E-state index is -3.65. The van der Waals surface area contributed by atoms with E-state index in [0.29, 0.717) is 32.7 Å². The Hall–Kier alpha value is -1.44. The van der Waals surface area contributed by atoms with Crippen molar-refractivity contribution in [3.8, 4) is 0 Å². The number of hydrogen-bond donors (Lipinski definition) is 1. The van der Waals surface area contributed by atoms with Crippen molar-refractivity contribution in [2.75, 3.05) is 26.3 Å².